The first kappa shape index (κ1) is 20.3. The second kappa shape index (κ2) is 10.2. The van der Waals surface area contributed by atoms with E-state index >= 15 is 0 Å². The lowest BCUT2D eigenvalue weighted by Crippen LogP contribution is -2.35. The highest BCUT2D eigenvalue weighted by Gasteiger charge is 2.20. The van der Waals surface area contributed by atoms with Gasteiger partial charge in [-0.25, -0.2) is 0 Å². The van der Waals surface area contributed by atoms with Gasteiger partial charge in [0.2, 0.25) is 5.91 Å². The van der Waals surface area contributed by atoms with E-state index in [1.165, 1.54) is 11.8 Å². The lowest BCUT2D eigenvalue weighted by atomic mass is 10.2. The Kier molecular flexibility index (Phi) is 8.01. The number of fused-ring (bicyclic) bond motifs is 1. The summed E-state index contributed by atoms with van der Waals surface area (Å²) < 4.78 is 11.8. The number of thioether (sulfide) groups is 1. The van der Waals surface area contributed by atoms with Crippen molar-refractivity contribution < 1.29 is 14.3 Å². The van der Waals surface area contributed by atoms with Crippen molar-refractivity contribution in [2.24, 2.45) is 0 Å². The second-order valence-electron chi connectivity index (χ2n) is 5.51. The summed E-state index contributed by atoms with van der Waals surface area (Å²) in [5.41, 5.74) is 0.698. The van der Waals surface area contributed by atoms with E-state index in [0.717, 1.165) is 13.1 Å². The van der Waals surface area contributed by atoms with Gasteiger partial charge >= 0.3 is 0 Å². The Morgan fingerprint density at radius 2 is 1.96 bits per heavy atom. The Hall–Kier alpha value is -1.98. The number of hydrogen-bond donors (Lipinski definition) is 0. The molecule has 26 heavy (non-hydrogen) atoms. The van der Waals surface area contributed by atoms with Crippen molar-refractivity contribution in [3.63, 3.8) is 0 Å². The van der Waals surface area contributed by atoms with Crippen LogP contribution in [0.1, 0.15) is 20.3 Å². The third kappa shape index (κ3) is 5.26. The summed E-state index contributed by atoms with van der Waals surface area (Å²) in [6.07, 6.45) is 0.255. The molecule has 0 saturated carbocycles. The summed E-state index contributed by atoms with van der Waals surface area (Å²) >= 11 is 6.75. The fourth-order valence-electron chi connectivity index (χ4n) is 2.53. The first-order valence-electron chi connectivity index (χ1n) is 8.59. The predicted octanol–water partition coefficient (Wildman–Crippen LogP) is 3.06. The highest BCUT2D eigenvalue weighted by Crippen LogP contribution is 2.34. The van der Waals surface area contributed by atoms with Crippen LogP contribution in [0.3, 0.4) is 0 Å². The number of anilines is 1. The van der Waals surface area contributed by atoms with Crippen molar-refractivity contribution in [1.82, 2.24) is 4.90 Å². The van der Waals surface area contributed by atoms with Crippen LogP contribution in [0.25, 0.3) is 0 Å². The summed E-state index contributed by atoms with van der Waals surface area (Å²) in [6.45, 7) is 7.03. The topological polar surface area (TPSA) is 65.8 Å². The van der Waals surface area contributed by atoms with E-state index in [9.17, 15) is 4.79 Å². The number of carbonyl (C=O) groups is 1. The van der Waals surface area contributed by atoms with Crippen LogP contribution in [-0.4, -0.2) is 53.7 Å². The zero-order valence-electron chi connectivity index (χ0n) is 15.1. The summed E-state index contributed by atoms with van der Waals surface area (Å²) in [4.78, 5) is 16.4. The number of ether oxygens (including phenoxy) is 2. The number of amides is 1. The van der Waals surface area contributed by atoms with Gasteiger partial charge in [0.05, 0.1) is 18.2 Å². The van der Waals surface area contributed by atoms with E-state index in [2.05, 4.69) is 6.07 Å². The van der Waals surface area contributed by atoms with E-state index < -0.39 is 0 Å². The van der Waals surface area contributed by atoms with Gasteiger partial charge in [-0.2, -0.15) is 5.26 Å². The molecule has 0 radical (unpaired) electrons. The highest BCUT2D eigenvalue weighted by molar-refractivity contribution is 8.23. The fraction of sp³-hybridized carbons (Fsp3) is 0.500. The van der Waals surface area contributed by atoms with Crippen LogP contribution in [0.2, 0.25) is 0 Å². The average Bonchev–Trinajstić information content (AvgIpc) is 2.67. The smallest absolute Gasteiger partial charge is 0.237 e. The number of hydrogen-bond acceptors (Lipinski definition) is 6. The zero-order chi connectivity index (χ0) is 18.9. The van der Waals surface area contributed by atoms with Crippen molar-refractivity contribution in [2.45, 2.75) is 20.3 Å². The summed E-state index contributed by atoms with van der Waals surface area (Å²) in [5, 5.41) is 8.93. The molecule has 0 unspecified atom stereocenters. The summed E-state index contributed by atoms with van der Waals surface area (Å²) in [5.74, 6) is 1.44. The van der Waals surface area contributed by atoms with Crippen LogP contribution in [0.5, 0.6) is 11.5 Å². The minimum Gasteiger partial charge on any atom is -0.486 e. The van der Waals surface area contributed by atoms with Gasteiger partial charge < -0.3 is 19.3 Å². The number of carbonyl (C=O) groups excluding carboxylic acids is 1. The lowest BCUT2D eigenvalue weighted by molar-refractivity contribution is -0.116. The highest BCUT2D eigenvalue weighted by atomic mass is 32.2. The molecule has 1 aliphatic heterocycles. The molecule has 1 amide bonds. The van der Waals surface area contributed by atoms with Crippen LogP contribution in [-0.2, 0) is 4.79 Å². The third-order valence-corrected chi connectivity index (χ3v) is 5.43. The average molecular weight is 394 g/mol. The molecule has 140 valence electrons. The third-order valence-electron chi connectivity index (χ3n) is 3.93. The standard InChI is InChI=1S/C18H23N3O3S2/c1-3-20(4-2)18(25)26-13-17(22)21(9-5-8-19)14-6-7-15-16(12-14)24-11-10-23-15/h6-7,12H,3-5,9-11,13H2,1-2H3. The van der Waals surface area contributed by atoms with E-state index in [1.807, 2.05) is 24.8 Å². The van der Waals surface area contributed by atoms with E-state index in [0.29, 0.717) is 41.3 Å². The van der Waals surface area contributed by atoms with Crippen molar-refractivity contribution in [1.29, 1.82) is 5.26 Å². The monoisotopic (exact) mass is 393 g/mol. The van der Waals surface area contributed by atoms with Gasteiger partial charge in [-0.3, -0.25) is 4.79 Å². The number of nitriles is 1. The van der Waals surface area contributed by atoms with E-state index in [-0.39, 0.29) is 18.1 Å². The number of nitrogens with zero attached hydrogens (tertiary/aromatic N) is 3. The van der Waals surface area contributed by atoms with Crippen molar-refractivity contribution in [3.05, 3.63) is 18.2 Å². The Labute approximate surface area is 164 Å². The molecule has 0 atom stereocenters. The zero-order valence-corrected chi connectivity index (χ0v) is 16.7. The van der Waals surface area contributed by atoms with Crippen LogP contribution >= 0.6 is 24.0 Å². The van der Waals surface area contributed by atoms with Crippen molar-refractivity contribution >= 4 is 39.9 Å². The molecule has 8 heteroatoms. The molecule has 1 aliphatic rings. The first-order valence-corrected chi connectivity index (χ1v) is 9.98. The minimum absolute atomic E-state index is 0.0866. The maximum absolute atomic E-state index is 12.8. The Balaban J connectivity index is 2.10. The van der Waals surface area contributed by atoms with Crippen molar-refractivity contribution in [3.8, 4) is 17.6 Å². The van der Waals surface area contributed by atoms with Gasteiger partial charge in [0.1, 0.15) is 17.5 Å². The Bertz CT molecular complexity index is 687. The molecule has 0 spiro atoms. The van der Waals surface area contributed by atoms with Gasteiger partial charge in [-0.1, -0.05) is 24.0 Å². The minimum atomic E-state index is -0.0866. The van der Waals surface area contributed by atoms with Crippen LogP contribution in [0.15, 0.2) is 18.2 Å². The molecule has 0 aliphatic carbocycles. The molecule has 1 aromatic rings. The second-order valence-corrected chi connectivity index (χ2v) is 7.12. The van der Waals surface area contributed by atoms with Crippen LogP contribution in [0, 0.1) is 11.3 Å². The molecule has 0 saturated heterocycles. The lowest BCUT2D eigenvalue weighted by Gasteiger charge is -2.25. The van der Waals surface area contributed by atoms with E-state index in [1.54, 1.807) is 17.0 Å². The quantitative estimate of drug-likeness (QED) is 0.660. The molecule has 1 aromatic carbocycles. The van der Waals surface area contributed by atoms with Gasteiger partial charge in [0.25, 0.3) is 0 Å². The van der Waals surface area contributed by atoms with Gasteiger partial charge in [0.15, 0.2) is 11.5 Å². The molecule has 2 rings (SSSR count). The summed E-state index contributed by atoms with van der Waals surface area (Å²) in [7, 11) is 0. The molecule has 0 bridgehead atoms. The Morgan fingerprint density at radius 1 is 1.27 bits per heavy atom. The maximum Gasteiger partial charge on any atom is 0.237 e. The number of thiocarbonyl (C=S) groups is 1. The predicted molar refractivity (Wildman–Crippen MR) is 108 cm³/mol. The van der Waals surface area contributed by atoms with Crippen molar-refractivity contribution in [2.75, 3.05) is 43.5 Å². The number of rotatable bonds is 7. The van der Waals surface area contributed by atoms with E-state index in [4.69, 9.17) is 27.0 Å². The number of benzene rings is 1. The normalized spacial score (nSPS) is 12.2. The first-order chi connectivity index (χ1) is 12.6. The van der Waals surface area contributed by atoms with Crippen LogP contribution < -0.4 is 14.4 Å². The Morgan fingerprint density at radius 3 is 2.62 bits per heavy atom. The van der Waals surface area contributed by atoms with Gasteiger partial charge in [0, 0.05) is 31.4 Å². The molecule has 6 nitrogen and oxygen atoms in total. The van der Waals surface area contributed by atoms with Gasteiger partial charge in [-0.15, -0.1) is 0 Å². The maximum atomic E-state index is 12.8. The molecular formula is C18H23N3O3S2. The molecule has 0 N–H and O–H groups in total. The molecular weight excluding hydrogens is 370 g/mol. The molecule has 0 fully saturated rings. The molecule has 1 heterocycles. The fourth-order valence-corrected chi connectivity index (χ4v) is 3.81. The largest absolute Gasteiger partial charge is 0.486 e. The summed E-state index contributed by atoms with van der Waals surface area (Å²) in [6, 6.07) is 7.50. The SMILES string of the molecule is CCN(CC)C(=S)SCC(=O)N(CCC#N)c1ccc2c(c1)OCCO2. The van der Waals surface area contributed by atoms with Gasteiger partial charge in [-0.05, 0) is 26.0 Å². The van der Waals surface area contributed by atoms with Crippen LogP contribution in [0.4, 0.5) is 5.69 Å². The molecule has 0 aromatic heterocycles.